The minimum atomic E-state index is -0.224. The summed E-state index contributed by atoms with van der Waals surface area (Å²) in [7, 11) is 0. The highest BCUT2D eigenvalue weighted by Crippen LogP contribution is 2.30. The second kappa shape index (κ2) is 7.25. The number of hydrogen-bond acceptors (Lipinski definition) is 4. The molecule has 0 fully saturated rings. The zero-order valence-electron chi connectivity index (χ0n) is 15.0. The Balaban J connectivity index is 1.62. The molecule has 134 valence electrons. The molecule has 5 nitrogen and oxygen atoms in total. The summed E-state index contributed by atoms with van der Waals surface area (Å²) in [4.78, 5) is 22.6. The monoisotopic (exact) mass is 374 g/mol. The lowest BCUT2D eigenvalue weighted by Gasteiger charge is -2.11. The van der Waals surface area contributed by atoms with Crippen molar-refractivity contribution >= 4 is 28.7 Å². The summed E-state index contributed by atoms with van der Waals surface area (Å²) >= 11 is 1.48. The quantitative estimate of drug-likeness (QED) is 0.568. The standard InChI is InChI=1S/C21H18N4OS/c1-14-9-10-16(12-15(14)2)27-21-17(6-5-11-22-21)20(26)24-25-13-23-18-7-3-4-8-19(18)25/h3-13H,1-2H3,(H,24,26). The number of aryl methyl sites for hydroxylation is 2. The molecule has 2 aromatic carbocycles. The van der Waals surface area contributed by atoms with E-state index >= 15 is 0 Å². The summed E-state index contributed by atoms with van der Waals surface area (Å²) in [5.41, 5.74) is 7.54. The second-order valence-corrected chi connectivity index (χ2v) is 7.31. The molecule has 0 saturated carbocycles. The largest absolute Gasteiger partial charge is 0.272 e. The third kappa shape index (κ3) is 3.57. The van der Waals surface area contributed by atoms with Crippen molar-refractivity contribution in [2.75, 3.05) is 5.43 Å². The van der Waals surface area contributed by atoms with Crippen molar-refractivity contribution in [2.24, 2.45) is 0 Å². The van der Waals surface area contributed by atoms with Gasteiger partial charge >= 0.3 is 0 Å². The van der Waals surface area contributed by atoms with Crippen LogP contribution in [0.5, 0.6) is 0 Å². The molecule has 2 aromatic heterocycles. The number of carbonyl (C=O) groups excluding carboxylic acids is 1. The fourth-order valence-electron chi connectivity index (χ4n) is 2.75. The van der Waals surface area contributed by atoms with Crippen LogP contribution in [0.2, 0.25) is 0 Å². The zero-order chi connectivity index (χ0) is 18.8. The number of aromatic nitrogens is 3. The Bertz CT molecular complexity index is 1140. The Morgan fingerprint density at radius 1 is 1.00 bits per heavy atom. The molecule has 0 aliphatic heterocycles. The number of imidazole rings is 1. The molecule has 6 heteroatoms. The average Bonchev–Trinajstić information content (AvgIpc) is 3.08. The molecule has 4 rings (SSSR count). The van der Waals surface area contributed by atoms with Crippen LogP contribution in [-0.2, 0) is 0 Å². The molecule has 2 heterocycles. The van der Waals surface area contributed by atoms with E-state index in [2.05, 4.69) is 41.4 Å². The maximum absolute atomic E-state index is 12.9. The highest BCUT2D eigenvalue weighted by atomic mass is 32.2. The zero-order valence-corrected chi connectivity index (χ0v) is 15.8. The summed E-state index contributed by atoms with van der Waals surface area (Å²) in [6.45, 7) is 4.16. The van der Waals surface area contributed by atoms with E-state index in [-0.39, 0.29) is 5.91 Å². The van der Waals surface area contributed by atoms with Gasteiger partial charge < -0.3 is 0 Å². The van der Waals surface area contributed by atoms with Crippen molar-refractivity contribution in [2.45, 2.75) is 23.8 Å². The Hall–Kier alpha value is -3.12. The van der Waals surface area contributed by atoms with Crippen molar-refractivity contribution in [3.63, 3.8) is 0 Å². The van der Waals surface area contributed by atoms with Crippen LogP contribution in [0.4, 0.5) is 0 Å². The van der Waals surface area contributed by atoms with E-state index in [0.29, 0.717) is 10.6 Å². The van der Waals surface area contributed by atoms with Gasteiger partial charge in [-0.2, -0.15) is 0 Å². The van der Waals surface area contributed by atoms with Crippen LogP contribution in [0, 0.1) is 13.8 Å². The molecule has 0 unspecified atom stereocenters. The van der Waals surface area contributed by atoms with Gasteiger partial charge in [0.15, 0.2) is 0 Å². The Labute approximate surface area is 161 Å². The van der Waals surface area contributed by atoms with Crippen LogP contribution < -0.4 is 5.43 Å². The number of fused-ring (bicyclic) bond motifs is 1. The molecular weight excluding hydrogens is 356 g/mol. The maximum Gasteiger partial charge on any atom is 0.272 e. The van der Waals surface area contributed by atoms with Gasteiger partial charge in [-0.05, 0) is 61.4 Å². The fraction of sp³-hybridized carbons (Fsp3) is 0.0952. The number of carbonyl (C=O) groups is 1. The Morgan fingerprint density at radius 2 is 1.85 bits per heavy atom. The van der Waals surface area contributed by atoms with Gasteiger partial charge in [-0.15, -0.1) is 0 Å². The van der Waals surface area contributed by atoms with Crippen LogP contribution in [-0.4, -0.2) is 20.6 Å². The molecule has 0 radical (unpaired) electrons. The molecule has 1 N–H and O–H groups in total. The molecule has 0 aliphatic rings. The molecule has 0 bridgehead atoms. The molecule has 0 saturated heterocycles. The molecular formula is C21H18N4OS. The van der Waals surface area contributed by atoms with Crippen molar-refractivity contribution in [3.8, 4) is 0 Å². The lowest BCUT2D eigenvalue weighted by Crippen LogP contribution is -2.22. The van der Waals surface area contributed by atoms with Crippen molar-refractivity contribution in [1.29, 1.82) is 0 Å². The summed E-state index contributed by atoms with van der Waals surface area (Å²) in [6, 6.07) is 17.4. The molecule has 1 amide bonds. The lowest BCUT2D eigenvalue weighted by molar-refractivity contribution is 0.100. The smallest absolute Gasteiger partial charge is 0.267 e. The predicted octanol–water partition coefficient (Wildman–Crippen LogP) is 4.58. The summed E-state index contributed by atoms with van der Waals surface area (Å²) in [5, 5.41) is 0.669. The van der Waals surface area contributed by atoms with E-state index in [4.69, 9.17) is 0 Å². The summed E-state index contributed by atoms with van der Waals surface area (Å²) in [5.74, 6) is -0.224. The normalized spacial score (nSPS) is 10.9. The number of benzene rings is 2. The minimum absolute atomic E-state index is 0.224. The molecule has 27 heavy (non-hydrogen) atoms. The number of hydrogen-bond donors (Lipinski definition) is 1. The van der Waals surface area contributed by atoms with Gasteiger partial charge in [0.1, 0.15) is 11.4 Å². The lowest BCUT2D eigenvalue weighted by atomic mass is 10.1. The van der Waals surface area contributed by atoms with Gasteiger partial charge in [0.25, 0.3) is 5.91 Å². The number of amides is 1. The first-order chi connectivity index (χ1) is 13.1. The van der Waals surface area contributed by atoms with E-state index in [1.165, 1.54) is 22.9 Å². The highest BCUT2D eigenvalue weighted by molar-refractivity contribution is 7.99. The van der Waals surface area contributed by atoms with Crippen molar-refractivity contribution in [1.82, 2.24) is 14.6 Å². The van der Waals surface area contributed by atoms with Crippen molar-refractivity contribution < 1.29 is 4.79 Å². The third-order valence-corrected chi connectivity index (χ3v) is 5.39. The molecule has 0 aliphatic carbocycles. The van der Waals surface area contributed by atoms with Gasteiger partial charge in [0, 0.05) is 11.1 Å². The minimum Gasteiger partial charge on any atom is -0.267 e. The van der Waals surface area contributed by atoms with Gasteiger partial charge in [-0.1, -0.05) is 30.0 Å². The molecule has 4 aromatic rings. The predicted molar refractivity (Wildman–Crippen MR) is 108 cm³/mol. The van der Waals surface area contributed by atoms with E-state index in [0.717, 1.165) is 15.9 Å². The van der Waals surface area contributed by atoms with Gasteiger partial charge in [-0.25, -0.2) is 14.6 Å². The first kappa shape index (κ1) is 17.3. The van der Waals surface area contributed by atoms with E-state index in [1.54, 1.807) is 29.3 Å². The van der Waals surface area contributed by atoms with Gasteiger partial charge in [-0.3, -0.25) is 10.2 Å². The fourth-order valence-corrected chi connectivity index (χ4v) is 3.73. The number of nitrogens with zero attached hydrogens (tertiary/aromatic N) is 3. The van der Waals surface area contributed by atoms with Gasteiger partial charge in [0.05, 0.1) is 16.6 Å². The number of nitrogens with one attached hydrogen (secondary N) is 1. The number of rotatable bonds is 4. The van der Waals surface area contributed by atoms with E-state index in [9.17, 15) is 4.79 Å². The van der Waals surface area contributed by atoms with Crippen LogP contribution in [0.1, 0.15) is 21.5 Å². The summed E-state index contributed by atoms with van der Waals surface area (Å²) in [6.07, 6.45) is 3.31. The topological polar surface area (TPSA) is 59.8 Å². The maximum atomic E-state index is 12.9. The van der Waals surface area contributed by atoms with Crippen LogP contribution in [0.3, 0.4) is 0 Å². The Kier molecular flexibility index (Phi) is 4.64. The summed E-state index contributed by atoms with van der Waals surface area (Å²) < 4.78 is 1.63. The van der Waals surface area contributed by atoms with Crippen molar-refractivity contribution in [3.05, 3.63) is 83.8 Å². The highest BCUT2D eigenvalue weighted by Gasteiger charge is 2.15. The Morgan fingerprint density at radius 3 is 2.70 bits per heavy atom. The first-order valence-corrected chi connectivity index (χ1v) is 9.37. The second-order valence-electron chi connectivity index (χ2n) is 6.25. The average molecular weight is 374 g/mol. The van der Waals surface area contributed by atoms with E-state index in [1.807, 2.05) is 30.3 Å². The molecule has 0 atom stereocenters. The van der Waals surface area contributed by atoms with Crippen LogP contribution in [0.25, 0.3) is 11.0 Å². The first-order valence-electron chi connectivity index (χ1n) is 8.55. The van der Waals surface area contributed by atoms with Gasteiger partial charge in [0.2, 0.25) is 0 Å². The molecule has 0 spiro atoms. The van der Waals surface area contributed by atoms with Crippen LogP contribution in [0.15, 0.2) is 77.0 Å². The van der Waals surface area contributed by atoms with E-state index < -0.39 is 0 Å². The SMILES string of the molecule is Cc1ccc(Sc2ncccc2C(=O)Nn2cnc3ccccc32)cc1C. The number of pyridine rings is 1. The van der Waals surface area contributed by atoms with Crippen LogP contribution >= 0.6 is 11.8 Å². The third-order valence-electron chi connectivity index (χ3n) is 4.38. The number of para-hydroxylation sites is 2.